The number of phenols is 1. The Kier molecular flexibility index (Phi) is 3.13. The van der Waals surface area contributed by atoms with Gasteiger partial charge in [-0.05, 0) is 53.5 Å². The minimum Gasteiger partial charge on any atom is -0.507 e. The summed E-state index contributed by atoms with van der Waals surface area (Å²) >= 11 is 0. The normalized spacial score (nSPS) is 10.8. The first-order valence-corrected chi connectivity index (χ1v) is 6.44. The third-order valence-corrected chi connectivity index (χ3v) is 3.36. The summed E-state index contributed by atoms with van der Waals surface area (Å²) in [6, 6.07) is 6.42. The molecule has 1 heterocycles. The lowest BCUT2D eigenvalue weighted by atomic mass is 10.1. The Morgan fingerprint density at radius 2 is 1.82 bits per heavy atom. The van der Waals surface area contributed by atoms with Crippen LogP contribution in [0.3, 0.4) is 0 Å². The number of nitrogens with zero attached hydrogens (tertiary/aromatic N) is 3. The Labute approximate surface area is 124 Å². The number of nitrogens with one attached hydrogen (secondary N) is 1. The van der Waals surface area contributed by atoms with Crippen LogP contribution in [0.25, 0.3) is 11.0 Å². The average Bonchev–Trinajstić information content (AvgIpc) is 2.94. The van der Waals surface area contributed by atoms with Crippen molar-refractivity contribution in [1.29, 1.82) is 0 Å². The summed E-state index contributed by atoms with van der Waals surface area (Å²) in [4.78, 5) is 10.4. The van der Waals surface area contributed by atoms with E-state index < -0.39 is 4.92 Å². The number of fused-ring (bicyclic) bond motifs is 1. The first-order valence-electron chi connectivity index (χ1n) is 6.44. The molecule has 3 rings (SSSR count). The third kappa shape index (κ3) is 2.20. The number of hydrogen-bond donors (Lipinski definition) is 2. The third-order valence-electron chi connectivity index (χ3n) is 3.36. The summed E-state index contributed by atoms with van der Waals surface area (Å²) in [5.74, 6) is 0.238. The molecule has 0 amide bonds. The van der Waals surface area contributed by atoms with Gasteiger partial charge in [-0.1, -0.05) is 0 Å². The summed E-state index contributed by atoms with van der Waals surface area (Å²) in [5.41, 5.74) is 2.90. The Morgan fingerprint density at radius 1 is 1.18 bits per heavy atom. The molecular weight excluding hydrogens is 288 g/mol. The fourth-order valence-corrected chi connectivity index (χ4v) is 2.29. The lowest BCUT2D eigenvalue weighted by molar-refractivity contribution is -0.383. The molecule has 0 bridgehead atoms. The van der Waals surface area contributed by atoms with Crippen LogP contribution in [0.1, 0.15) is 11.1 Å². The molecule has 2 N–H and O–H groups in total. The lowest BCUT2D eigenvalue weighted by Crippen LogP contribution is -1.96. The monoisotopic (exact) mass is 300 g/mol. The minimum atomic E-state index is -0.537. The number of non-ortho nitro benzene ring substituents is 1. The fraction of sp³-hybridized carbons (Fsp3) is 0.143. The first kappa shape index (κ1) is 13.8. The van der Waals surface area contributed by atoms with Crippen molar-refractivity contribution in [1.82, 2.24) is 10.3 Å². The number of hydrogen-bond acceptors (Lipinski definition) is 7. The van der Waals surface area contributed by atoms with Crippen molar-refractivity contribution < 1.29 is 14.7 Å². The molecule has 0 atom stereocenters. The summed E-state index contributed by atoms with van der Waals surface area (Å²) in [5, 5.41) is 31.2. The molecule has 3 aromatic rings. The summed E-state index contributed by atoms with van der Waals surface area (Å²) in [6.45, 7) is 3.58. The van der Waals surface area contributed by atoms with E-state index in [-0.39, 0.29) is 22.5 Å². The maximum atomic E-state index is 11.0. The molecule has 2 aromatic carbocycles. The number of aromatic hydroxyl groups is 1. The number of aromatic nitrogens is 2. The Balaban J connectivity index is 2.07. The van der Waals surface area contributed by atoms with Crippen LogP contribution in [0.5, 0.6) is 5.75 Å². The van der Waals surface area contributed by atoms with Crippen molar-refractivity contribution in [2.75, 3.05) is 5.32 Å². The zero-order chi connectivity index (χ0) is 15.9. The van der Waals surface area contributed by atoms with Crippen molar-refractivity contribution in [3.63, 3.8) is 0 Å². The van der Waals surface area contributed by atoms with Crippen molar-refractivity contribution in [2.45, 2.75) is 13.8 Å². The van der Waals surface area contributed by atoms with E-state index in [4.69, 9.17) is 0 Å². The number of aryl methyl sites for hydroxylation is 2. The second-order valence-electron chi connectivity index (χ2n) is 4.93. The molecule has 0 aliphatic rings. The van der Waals surface area contributed by atoms with Gasteiger partial charge < -0.3 is 10.4 Å². The Bertz CT molecular complexity index is 865. The molecule has 0 aliphatic carbocycles. The smallest absolute Gasteiger partial charge is 0.300 e. The number of rotatable bonds is 3. The molecular formula is C14H12N4O4. The van der Waals surface area contributed by atoms with Crippen molar-refractivity contribution in [3.05, 3.63) is 45.5 Å². The highest BCUT2D eigenvalue weighted by molar-refractivity contribution is 5.94. The highest BCUT2D eigenvalue weighted by Gasteiger charge is 2.19. The van der Waals surface area contributed by atoms with E-state index in [9.17, 15) is 15.2 Å². The Morgan fingerprint density at radius 3 is 2.45 bits per heavy atom. The average molecular weight is 300 g/mol. The number of anilines is 2. The minimum absolute atomic E-state index is 0.0854. The summed E-state index contributed by atoms with van der Waals surface area (Å²) in [7, 11) is 0. The van der Waals surface area contributed by atoms with Gasteiger partial charge in [-0.2, -0.15) is 0 Å². The molecule has 0 radical (unpaired) electrons. The zero-order valence-corrected chi connectivity index (χ0v) is 11.8. The molecule has 0 spiro atoms. The van der Waals surface area contributed by atoms with Crippen LogP contribution < -0.4 is 5.32 Å². The van der Waals surface area contributed by atoms with Crippen LogP contribution in [-0.4, -0.2) is 20.3 Å². The maximum absolute atomic E-state index is 11.0. The predicted molar refractivity (Wildman–Crippen MR) is 79.3 cm³/mol. The van der Waals surface area contributed by atoms with Gasteiger partial charge >= 0.3 is 5.69 Å². The van der Waals surface area contributed by atoms with Crippen LogP contribution in [0.4, 0.5) is 17.1 Å². The van der Waals surface area contributed by atoms with Crippen molar-refractivity contribution in [3.8, 4) is 5.75 Å². The quantitative estimate of drug-likeness (QED) is 0.433. The molecule has 1 aromatic heterocycles. The van der Waals surface area contributed by atoms with E-state index >= 15 is 0 Å². The largest absolute Gasteiger partial charge is 0.507 e. The van der Waals surface area contributed by atoms with Gasteiger partial charge in [0, 0.05) is 11.8 Å². The molecule has 8 heteroatoms. The fourth-order valence-electron chi connectivity index (χ4n) is 2.29. The maximum Gasteiger partial charge on any atom is 0.300 e. The number of phenolic OH excluding ortho intramolecular Hbond substituents is 1. The van der Waals surface area contributed by atoms with Crippen molar-refractivity contribution in [2.24, 2.45) is 0 Å². The van der Waals surface area contributed by atoms with Gasteiger partial charge in [-0.15, -0.1) is 0 Å². The molecule has 0 unspecified atom stereocenters. The lowest BCUT2D eigenvalue weighted by Gasteiger charge is -2.10. The standard InChI is InChI=1S/C14H12N4O4/c1-7-5-9(6-8(2)14(7)19)15-10-3-4-11(18(20)21)13-12(10)16-22-17-13/h3-6,15,19H,1-2H3. The van der Waals surface area contributed by atoms with E-state index in [0.717, 1.165) is 16.8 Å². The highest BCUT2D eigenvalue weighted by atomic mass is 16.6. The summed E-state index contributed by atoms with van der Waals surface area (Å²) in [6.07, 6.45) is 0. The van der Waals surface area contributed by atoms with Gasteiger partial charge in [-0.3, -0.25) is 10.1 Å². The van der Waals surface area contributed by atoms with E-state index in [2.05, 4.69) is 20.3 Å². The van der Waals surface area contributed by atoms with Crippen LogP contribution in [0.15, 0.2) is 28.9 Å². The molecule has 0 fully saturated rings. The van der Waals surface area contributed by atoms with Gasteiger partial charge in [0.05, 0.1) is 10.6 Å². The highest BCUT2D eigenvalue weighted by Crippen LogP contribution is 2.32. The Hall–Kier alpha value is -3.16. The topological polar surface area (TPSA) is 114 Å². The second-order valence-corrected chi connectivity index (χ2v) is 4.93. The van der Waals surface area contributed by atoms with Gasteiger partial charge in [-0.25, -0.2) is 4.63 Å². The number of nitro groups is 1. The molecule has 0 saturated heterocycles. The zero-order valence-electron chi connectivity index (χ0n) is 11.8. The SMILES string of the molecule is Cc1cc(Nc2ccc([N+](=O)[O-])c3nonc23)cc(C)c1O. The van der Waals surface area contributed by atoms with Crippen molar-refractivity contribution >= 4 is 28.1 Å². The number of nitro benzene ring substituents is 1. The van der Waals surface area contributed by atoms with Crippen LogP contribution >= 0.6 is 0 Å². The van der Waals surface area contributed by atoms with Gasteiger partial charge in [0.1, 0.15) is 5.75 Å². The molecule has 0 saturated carbocycles. The molecule has 22 heavy (non-hydrogen) atoms. The molecule has 0 aliphatic heterocycles. The van der Waals surface area contributed by atoms with E-state index in [1.165, 1.54) is 6.07 Å². The second kappa shape index (κ2) is 4.99. The van der Waals surface area contributed by atoms with Crippen LogP contribution in [-0.2, 0) is 0 Å². The van der Waals surface area contributed by atoms with Crippen LogP contribution in [0, 0.1) is 24.0 Å². The predicted octanol–water partition coefficient (Wildman–Crippen LogP) is 3.20. The summed E-state index contributed by atoms with van der Waals surface area (Å²) < 4.78 is 4.62. The van der Waals surface area contributed by atoms with Crippen LogP contribution in [0.2, 0.25) is 0 Å². The van der Waals surface area contributed by atoms with E-state index in [0.29, 0.717) is 5.69 Å². The first-order chi connectivity index (χ1) is 10.5. The van der Waals surface area contributed by atoms with E-state index in [1.54, 1.807) is 32.0 Å². The van der Waals surface area contributed by atoms with E-state index in [1.807, 2.05) is 0 Å². The van der Waals surface area contributed by atoms with Gasteiger partial charge in [0.25, 0.3) is 0 Å². The molecule has 112 valence electrons. The molecule has 8 nitrogen and oxygen atoms in total. The van der Waals surface area contributed by atoms with Gasteiger partial charge in [0.2, 0.25) is 5.52 Å². The number of benzene rings is 2. The van der Waals surface area contributed by atoms with Gasteiger partial charge in [0.15, 0.2) is 5.52 Å².